The van der Waals surface area contributed by atoms with Crippen molar-refractivity contribution in [3.05, 3.63) is 83.4 Å². The van der Waals surface area contributed by atoms with Gasteiger partial charge in [0.1, 0.15) is 5.82 Å². The first-order valence-electron chi connectivity index (χ1n) is 10.0. The lowest BCUT2D eigenvalue weighted by molar-refractivity contribution is 0.250. The molecule has 1 N–H and O–H groups in total. The summed E-state index contributed by atoms with van der Waals surface area (Å²) in [5.41, 5.74) is 5.51. The van der Waals surface area contributed by atoms with Crippen LogP contribution in [0.1, 0.15) is 5.56 Å². The molecule has 4 nitrogen and oxygen atoms in total. The standard InChI is InChI=1S/C24H23ClN4/c25-21-11-10-19(16-20(21)24-26-22-8-4-5-9-23(22)27-24)29-14-12-28(13-15-29)17-18-6-2-1-3-7-18/h1-11,16H,12-15,17H2,(H,26,27). The Hall–Kier alpha value is -2.82. The number of hydrogen-bond acceptors (Lipinski definition) is 3. The van der Waals surface area contributed by atoms with Crippen molar-refractivity contribution >= 4 is 28.3 Å². The summed E-state index contributed by atoms with van der Waals surface area (Å²) in [6, 6.07) is 25.0. The highest BCUT2D eigenvalue weighted by Crippen LogP contribution is 2.32. The van der Waals surface area contributed by atoms with Crippen molar-refractivity contribution < 1.29 is 0 Å². The molecule has 0 unspecified atom stereocenters. The van der Waals surface area contributed by atoms with Crippen molar-refractivity contribution in [2.45, 2.75) is 6.54 Å². The number of rotatable bonds is 4. The molecule has 1 aromatic heterocycles. The molecule has 2 heterocycles. The second-order valence-corrected chi connectivity index (χ2v) is 7.92. The van der Waals surface area contributed by atoms with E-state index in [4.69, 9.17) is 16.6 Å². The molecule has 0 radical (unpaired) electrons. The van der Waals surface area contributed by atoms with Crippen LogP contribution in [-0.4, -0.2) is 41.0 Å². The summed E-state index contributed by atoms with van der Waals surface area (Å²) >= 11 is 6.52. The summed E-state index contributed by atoms with van der Waals surface area (Å²) < 4.78 is 0. The number of piperazine rings is 1. The highest BCUT2D eigenvalue weighted by Gasteiger charge is 2.19. The van der Waals surface area contributed by atoms with Crippen molar-refractivity contribution in [2.75, 3.05) is 31.1 Å². The molecule has 29 heavy (non-hydrogen) atoms. The molecule has 5 rings (SSSR count). The summed E-state index contributed by atoms with van der Waals surface area (Å²) in [7, 11) is 0. The Morgan fingerprint density at radius 3 is 2.41 bits per heavy atom. The number of nitrogens with zero attached hydrogens (tertiary/aromatic N) is 3. The minimum atomic E-state index is 0.718. The Balaban J connectivity index is 1.33. The minimum absolute atomic E-state index is 0.718. The van der Waals surface area contributed by atoms with Gasteiger partial charge in [-0.05, 0) is 35.9 Å². The molecule has 0 aliphatic carbocycles. The second kappa shape index (κ2) is 7.90. The van der Waals surface area contributed by atoms with E-state index < -0.39 is 0 Å². The molecule has 4 aromatic rings. The number of halogens is 1. The first-order valence-corrected chi connectivity index (χ1v) is 10.4. The Bertz CT molecular complexity index is 1080. The van der Waals surface area contributed by atoms with Gasteiger partial charge in [0, 0.05) is 44.0 Å². The molecule has 0 amide bonds. The predicted octanol–water partition coefficient (Wildman–Crippen LogP) is 5.21. The van der Waals surface area contributed by atoms with Gasteiger partial charge in [0.05, 0.1) is 16.1 Å². The van der Waals surface area contributed by atoms with Crippen molar-refractivity contribution in [3.8, 4) is 11.4 Å². The van der Waals surface area contributed by atoms with Gasteiger partial charge in [0.25, 0.3) is 0 Å². The quantitative estimate of drug-likeness (QED) is 0.509. The third-order valence-electron chi connectivity index (χ3n) is 5.58. The Kier molecular flexibility index (Phi) is 4.96. The van der Waals surface area contributed by atoms with E-state index in [1.54, 1.807) is 0 Å². The summed E-state index contributed by atoms with van der Waals surface area (Å²) in [5, 5.41) is 0.718. The smallest absolute Gasteiger partial charge is 0.140 e. The molecule has 0 spiro atoms. The number of nitrogens with one attached hydrogen (secondary N) is 1. The molecule has 5 heteroatoms. The van der Waals surface area contributed by atoms with Gasteiger partial charge >= 0.3 is 0 Å². The SMILES string of the molecule is Clc1ccc(N2CCN(Cc3ccccc3)CC2)cc1-c1nc2ccccc2[nH]1. The van der Waals surface area contributed by atoms with E-state index >= 15 is 0 Å². The third-order valence-corrected chi connectivity index (χ3v) is 5.91. The number of aromatic amines is 1. The maximum absolute atomic E-state index is 6.52. The van der Waals surface area contributed by atoms with Crippen LogP contribution in [0.3, 0.4) is 0 Å². The largest absolute Gasteiger partial charge is 0.369 e. The number of imidazole rings is 1. The molecule has 1 aliphatic rings. The van der Waals surface area contributed by atoms with Crippen LogP contribution in [0.15, 0.2) is 72.8 Å². The maximum atomic E-state index is 6.52. The lowest BCUT2D eigenvalue weighted by Gasteiger charge is -2.36. The Morgan fingerprint density at radius 1 is 0.862 bits per heavy atom. The van der Waals surface area contributed by atoms with Crippen LogP contribution in [0.4, 0.5) is 5.69 Å². The Labute approximate surface area is 175 Å². The zero-order chi connectivity index (χ0) is 19.6. The van der Waals surface area contributed by atoms with Crippen molar-refractivity contribution in [1.82, 2.24) is 14.9 Å². The van der Waals surface area contributed by atoms with Gasteiger partial charge in [-0.3, -0.25) is 4.90 Å². The number of benzene rings is 3. The number of H-pyrrole nitrogens is 1. The van der Waals surface area contributed by atoms with Crippen molar-refractivity contribution in [2.24, 2.45) is 0 Å². The van der Waals surface area contributed by atoms with Gasteiger partial charge in [-0.2, -0.15) is 0 Å². The zero-order valence-electron chi connectivity index (χ0n) is 16.2. The topological polar surface area (TPSA) is 35.2 Å². The number of aromatic nitrogens is 2. The highest BCUT2D eigenvalue weighted by molar-refractivity contribution is 6.33. The molecule has 0 bridgehead atoms. The van der Waals surface area contributed by atoms with Gasteiger partial charge in [0.15, 0.2) is 0 Å². The van der Waals surface area contributed by atoms with Crippen LogP contribution in [-0.2, 0) is 6.54 Å². The second-order valence-electron chi connectivity index (χ2n) is 7.52. The van der Waals surface area contributed by atoms with E-state index in [1.807, 2.05) is 30.3 Å². The number of anilines is 1. The lowest BCUT2D eigenvalue weighted by atomic mass is 10.1. The van der Waals surface area contributed by atoms with E-state index in [0.717, 1.165) is 60.2 Å². The highest BCUT2D eigenvalue weighted by atomic mass is 35.5. The molecule has 0 atom stereocenters. The van der Waals surface area contributed by atoms with Gasteiger partial charge in [-0.1, -0.05) is 54.1 Å². The molecule has 146 valence electrons. The van der Waals surface area contributed by atoms with E-state index in [0.29, 0.717) is 0 Å². The van der Waals surface area contributed by atoms with Gasteiger partial charge < -0.3 is 9.88 Å². The summed E-state index contributed by atoms with van der Waals surface area (Å²) in [6.07, 6.45) is 0. The van der Waals surface area contributed by atoms with Crippen LogP contribution in [0.5, 0.6) is 0 Å². The van der Waals surface area contributed by atoms with Crippen LogP contribution in [0.2, 0.25) is 5.02 Å². The average Bonchev–Trinajstić information content (AvgIpc) is 3.19. The fourth-order valence-electron chi connectivity index (χ4n) is 3.98. The summed E-state index contributed by atoms with van der Waals surface area (Å²) in [5.74, 6) is 0.820. The van der Waals surface area contributed by atoms with Crippen LogP contribution < -0.4 is 4.90 Å². The van der Waals surface area contributed by atoms with Crippen molar-refractivity contribution in [3.63, 3.8) is 0 Å². The van der Waals surface area contributed by atoms with Gasteiger partial charge in [-0.15, -0.1) is 0 Å². The minimum Gasteiger partial charge on any atom is -0.369 e. The zero-order valence-corrected chi connectivity index (χ0v) is 16.9. The van der Waals surface area contributed by atoms with Crippen molar-refractivity contribution in [1.29, 1.82) is 0 Å². The van der Waals surface area contributed by atoms with E-state index in [1.165, 1.54) is 11.3 Å². The first-order chi connectivity index (χ1) is 14.3. The lowest BCUT2D eigenvalue weighted by Crippen LogP contribution is -2.45. The Morgan fingerprint density at radius 2 is 1.62 bits per heavy atom. The monoisotopic (exact) mass is 402 g/mol. The fourth-order valence-corrected chi connectivity index (χ4v) is 4.18. The maximum Gasteiger partial charge on any atom is 0.140 e. The normalized spacial score (nSPS) is 15.1. The van der Waals surface area contributed by atoms with Crippen LogP contribution in [0, 0.1) is 0 Å². The number of fused-ring (bicyclic) bond motifs is 1. The number of para-hydroxylation sites is 2. The molecule has 3 aromatic carbocycles. The molecule has 1 saturated heterocycles. The van der Waals surface area contributed by atoms with Crippen LogP contribution >= 0.6 is 11.6 Å². The van der Waals surface area contributed by atoms with Gasteiger partial charge in [-0.25, -0.2) is 4.98 Å². The van der Waals surface area contributed by atoms with Crippen LogP contribution in [0.25, 0.3) is 22.4 Å². The predicted molar refractivity (Wildman–Crippen MR) is 120 cm³/mol. The molecular weight excluding hydrogens is 380 g/mol. The molecule has 1 fully saturated rings. The summed E-state index contributed by atoms with van der Waals surface area (Å²) in [6.45, 7) is 5.14. The van der Waals surface area contributed by atoms with E-state index in [-0.39, 0.29) is 0 Å². The van der Waals surface area contributed by atoms with Gasteiger partial charge in [0.2, 0.25) is 0 Å². The van der Waals surface area contributed by atoms with E-state index in [9.17, 15) is 0 Å². The molecular formula is C24H23ClN4. The molecule has 0 saturated carbocycles. The average molecular weight is 403 g/mol. The summed E-state index contributed by atoms with van der Waals surface area (Å²) in [4.78, 5) is 13.1. The first kappa shape index (κ1) is 18.2. The number of hydrogen-bond donors (Lipinski definition) is 1. The fraction of sp³-hybridized carbons (Fsp3) is 0.208. The third kappa shape index (κ3) is 3.86. The van der Waals surface area contributed by atoms with E-state index in [2.05, 4.69) is 57.2 Å². The molecule has 1 aliphatic heterocycles.